The normalized spacial score (nSPS) is 9.72. The molecule has 1 aromatic rings. The molecule has 0 atom stereocenters. The van der Waals surface area contributed by atoms with E-state index in [0.717, 1.165) is 0 Å². The fourth-order valence-electron chi connectivity index (χ4n) is 1.22. The van der Waals surface area contributed by atoms with Gasteiger partial charge in [0.2, 0.25) is 0 Å². The number of methoxy groups -OCH3 is 2. The van der Waals surface area contributed by atoms with E-state index in [2.05, 4.69) is 15.6 Å². The molecule has 0 radical (unpaired) electrons. The van der Waals surface area contributed by atoms with Crippen LogP contribution in [0, 0.1) is 0 Å². The number of ether oxygens (including phenoxy) is 2. The van der Waals surface area contributed by atoms with Gasteiger partial charge in [-0.2, -0.15) is 0 Å². The maximum atomic E-state index is 11.8. The van der Waals surface area contributed by atoms with Crippen LogP contribution in [0.15, 0.2) is 18.2 Å². The second-order valence-corrected chi connectivity index (χ2v) is 3.72. The Kier molecular flexibility index (Phi) is 5.41. The smallest absolute Gasteiger partial charge is 0.273 e. The van der Waals surface area contributed by atoms with Crippen LogP contribution in [0.4, 0.5) is 0 Å². The molecule has 0 spiro atoms. The van der Waals surface area contributed by atoms with Crippen molar-refractivity contribution in [3.63, 3.8) is 0 Å². The lowest BCUT2D eigenvalue weighted by molar-refractivity contribution is -0.125. The van der Waals surface area contributed by atoms with Gasteiger partial charge in [0.05, 0.1) is 12.7 Å². The van der Waals surface area contributed by atoms with Gasteiger partial charge in [-0.15, -0.1) is 0 Å². The van der Waals surface area contributed by atoms with E-state index in [1.807, 2.05) is 0 Å². The minimum absolute atomic E-state index is 0.146. The number of hydrazine groups is 1. The topological polar surface area (TPSA) is 76.7 Å². The standard InChI is InChI=1S/C11H13ClN2O4/c1-17-6-10(15)13-14-11(16)8-5-7(12)3-4-9(8)18-2/h3-5H,6H2,1-2H3,(H,13,15)(H,14,16). The van der Waals surface area contributed by atoms with Crippen molar-refractivity contribution in [2.75, 3.05) is 20.8 Å². The number of hydrogen-bond acceptors (Lipinski definition) is 4. The van der Waals surface area contributed by atoms with Gasteiger partial charge in [0.15, 0.2) is 0 Å². The minimum Gasteiger partial charge on any atom is -0.496 e. The molecule has 2 amide bonds. The zero-order valence-electron chi connectivity index (χ0n) is 9.95. The molecule has 0 aromatic heterocycles. The van der Waals surface area contributed by atoms with Crippen LogP contribution in [0.2, 0.25) is 5.02 Å². The Morgan fingerprint density at radius 3 is 2.61 bits per heavy atom. The molecule has 18 heavy (non-hydrogen) atoms. The number of hydrogen-bond donors (Lipinski definition) is 2. The van der Waals surface area contributed by atoms with Crippen molar-refractivity contribution in [1.82, 2.24) is 10.9 Å². The van der Waals surface area contributed by atoms with Crippen molar-refractivity contribution in [2.24, 2.45) is 0 Å². The lowest BCUT2D eigenvalue weighted by Gasteiger charge is -2.10. The van der Waals surface area contributed by atoms with E-state index < -0.39 is 11.8 Å². The number of benzene rings is 1. The van der Waals surface area contributed by atoms with E-state index in [9.17, 15) is 9.59 Å². The van der Waals surface area contributed by atoms with Crippen LogP contribution in [0.5, 0.6) is 5.75 Å². The predicted octanol–water partition coefficient (Wildman–Crippen LogP) is 0.756. The molecule has 0 saturated heterocycles. The number of carbonyl (C=O) groups excluding carboxylic acids is 2. The van der Waals surface area contributed by atoms with Gasteiger partial charge in [-0.3, -0.25) is 20.4 Å². The third-order valence-corrected chi connectivity index (χ3v) is 2.23. The molecular formula is C11H13ClN2O4. The first-order valence-corrected chi connectivity index (χ1v) is 5.38. The molecule has 0 unspecified atom stereocenters. The summed E-state index contributed by atoms with van der Waals surface area (Å²) in [5.41, 5.74) is 4.64. The van der Waals surface area contributed by atoms with Gasteiger partial charge in [0, 0.05) is 12.1 Å². The van der Waals surface area contributed by atoms with E-state index in [1.54, 1.807) is 12.1 Å². The van der Waals surface area contributed by atoms with Crippen molar-refractivity contribution < 1.29 is 19.1 Å². The fraction of sp³-hybridized carbons (Fsp3) is 0.273. The first-order valence-electron chi connectivity index (χ1n) is 5.00. The summed E-state index contributed by atoms with van der Waals surface area (Å²) in [7, 11) is 2.81. The van der Waals surface area contributed by atoms with Crippen LogP contribution >= 0.6 is 11.6 Å². The first kappa shape index (κ1) is 14.3. The minimum atomic E-state index is -0.529. The summed E-state index contributed by atoms with van der Waals surface area (Å²) in [6, 6.07) is 4.60. The molecule has 98 valence electrons. The average Bonchev–Trinajstić information content (AvgIpc) is 2.36. The van der Waals surface area contributed by atoms with Crippen molar-refractivity contribution in [3.8, 4) is 5.75 Å². The molecular weight excluding hydrogens is 260 g/mol. The average molecular weight is 273 g/mol. The summed E-state index contributed by atoms with van der Waals surface area (Å²) in [6.07, 6.45) is 0. The Labute approximate surface area is 109 Å². The zero-order chi connectivity index (χ0) is 13.5. The Bertz CT molecular complexity index is 451. The Hall–Kier alpha value is -1.79. The van der Waals surface area contributed by atoms with Gasteiger partial charge in [0.1, 0.15) is 12.4 Å². The van der Waals surface area contributed by atoms with E-state index in [-0.39, 0.29) is 12.2 Å². The molecule has 0 saturated carbocycles. The lowest BCUT2D eigenvalue weighted by atomic mass is 10.2. The molecule has 0 heterocycles. The second kappa shape index (κ2) is 6.83. The molecule has 0 aliphatic rings. The van der Waals surface area contributed by atoms with Crippen molar-refractivity contribution in [1.29, 1.82) is 0 Å². The van der Waals surface area contributed by atoms with Gasteiger partial charge < -0.3 is 9.47 Å². The number of nitrogens with one attached hydrogen (secondary N) is 2. The van der Waals surface area contributed by atoms with E-state index in [4.69, 9.17) is 16.3 Å². The van der Waals surface area contributed by atoms with Crippen molar-refractivity contribution in [3.05, 3.63) is 28.8 Å². The number of halogens is 1. The summed E-state index contributed by atoms with van der Waals surface area (Å²) in [6.45, 7) is -0.146. The van der Waals surface area contributed by atoms with Crippen molar-refractivity contribution in [2.45, 2.75) is 0 Å². The molecule has 1 aromatic carbocycles. The molecule has 0 fully saturated rings. The Balaban J connectivity index is 2.71. The molecule has 6 nitrogen and oxygen atoms in total. The predicted molar refractivity (Wildman–Crippen MR) is 65.5 cm³/mol. The number of amides is 2. The molecule has 1 rings (SSSR count). The van der Waals surface area contributed by atoms with Gasteiger partial charge in [0.25, 0.3) is 11.8 Å². The highest BCUT2D eigenvalue weighted by molar-refractivity contribution is 6.31. The Morgan fingerprint density at radius 1 is 1.28 bits per heavy atom. The Morgan fingerprint density at radius 2 is 2.00 bits per heavy atom. The highest BCUT2D eigenvalue weighted by atomic mass is 35.5. The maximum Gasteiger partial charge on any atom is 0.273 e. The summed E-state index contributed by atoms with van der Waals surface area (Å²) in [4.78, 5) is 22.9. The fourth-order valence-corrected chi connectivity index (χ4v) is 1.39. The molecule has 0 bridgehead atoms. The summed E-state index contributed by atoms with van der Waals surface area (Å²) in [5, 5.41) is 0.393. The van der Waals surface area contributed by atoms with Crippen LogP contribution in [0.1, 0.15) is 10.4 Å². The van der Waals surface area contributed by atoms with Crippen LogP contribution in [0.25, 0.3) is 0 Å². The zero-order valence-corrected chi connectivity index (χ0v) is 10.7. The lowest BCUT2D eigenvalue weighted by Crippen LogP contribution is -2.43. The third-order valence-electron chi connectivity index (χ3n) is 2.00. The van der Waals surface area contributed by atoms with Crippen LogP contribution in [-0.2, 0) is 9.53 Å². The largest absolute Gasteiger partial charge is 0.496 e. The first-order chi connectivity index (χ1) is 8.58. The molecule has 2 N–H and O–H groups in total. The molecule has 7 heteroatoms. The van der Waals surface area contributed by atoms with E-state index >= 15 is 0 Å². The quantitative estimate of drug-likeness (QED) is 0.793. The van der Waals surface area contributed by atoms with Crippen LogP contribution < -0.4 is 15.6 Å². The summed E-state index contributed by atoms with van der Waals surface area (Å²) >= 11 is 5.79. The maximum absolute atomic E-state index is 11.8. The van der Waals surface area contributed by atoms with Gasteiger partial charge in [-0.05, 0) is 18.2 Å². The number of rotatable bonds is 4. The van der Waals surface area contributed by atoms with Crippen LogP contribution in [0.3, 0.4) is 0 Å². The number of carbonyl (C=O) groups is 2. The summed E-state index contributed by atoms with van der Waals surface area (Å²) in [5.74, 6) is -0.636. The summed E-state index contributed by atoms with van der Waals surface area (Å²) < 4.78 is 9.62. The molecule has 0 aliphatic carbocycles. The third kappa shape index (κ3) is 3.90. The van der Waals surface area contributed by atoms with Crippen LogP contribution in [-0.4, -0.2) is 32.6 Å². The SMILES string of the molecule is COCC(=O)NNC(=O)c1cc(Cl)ccc1OC. The highest BCUT2D eigenvalue weighted by Crippen LogP contribution is 2.22. The highest BCUT2D eigenvalue weighted by Gasteiger charge is 2.13. The van der Waals surface area contributed by atoms with Gasteiger partial charge in [-0.1, -0.05) is 11.6 Å². The van der Waals surface area contributed by atoms with E-state index in [0.29, 0.717) is 10.8 Å². The second-order valence-electron chi connectivity index (χ2n) is 3.28. The van der Waals surface area contributed by atoms with Gasteiger partial charge in [-0.25, -0.2) is 0 Å². The van der Waals surface area contributed by atoms with Gasteiger partial charge >= 0.3 is 0 Å². The van der Waals surface area contributed by atoms with Crippen molar-refractivity contribution >= 4 is 23.4 Å². The van der Waals surface area contributed by atoms with E-state index in [1.165, 1.54) is 20.3 Å². The monoisotopic (exact) mass is 272 g/mol. The molecule has 0 aliphatic heterocycles.